The van der Waals surface area contributed by atoms with E-state index in [0.717, 1.165) is 22.5 Å². The van der Waals surface area contributed by atoms with Crippen LogP contribution in [0.4, 0.5) is 0 Å². The topological polar surface area (TPSA) is 17.1 Å². The van der Waals surface area contributed by atoms with Gasteiger partial charge in [-0.2, -0.15) is 0 Å². The molecule has 13 heavy (non-hydrogen) atoms. The van der Waals surface area contributed by atoms with Crippen molar-refractivity contribution in [1.82, 2.24) is 0 Å². The van der Waals surface area contributed by atoms with Crippen molar-refractivity contribution in [2.24, 2.45) is 0 Å². The van der Waals surface area contributed by atoms with Crippen LogP contribution in [-0.2, 0) is 0 Å². The van der Waals surface area contributed by atoms with Gasteiger partial charge in [0.15, 0.2) is 0 Å². The SMILES string of the molecule is CC=CCSc1cccc(C=O)c1. The number of carbonyl (C=O) groups is 1. The average molecular weight is 192 g/mol. The second-order valence-corrected chi connectivity index (χ2v) is 3.66. The van der Waals surface area contributed by atoms with Gasteiger partial charge in [0, 0.05) is 16.2 Å². The molecule has 68 valence electrons. The van der Waals surface area contributed by atoms with Crippen molar-refractivity contribution in [3.8, 4) is 0 Å². The van der Waals surface area contributed by atoms with Crippen LogP contribution in [0.15, 0.2) is 41.3 Å². The molecule has 0 fully saturated rings. The van der Waals surface area contributed by atoms with Crippen molar-refractivity contribution in [3.63, 3.8) is 0 Å². The Morgan fingerprint density at radius 3 is 3.00 bits per heavy atom. The highest BCUT2D eigenvalue weighted by molar-refractivity contribution is 7.99. The highest BCUT2D eigenvalue weighted by Crippen LogP contribution is 2.18. The van der Waals surface area contributed by atoms with E-state index in [9.17, 15) is 4.79 Å². The maximum atomic E-state index is 10.5. The highest BCUT2D eigenvalue weighted by atomic mass is 32.2. The average Bonchev–Trinajstić information content (AvgIpc) is 2.19. The van der Waals surface area contributed by atoms with Crippen molar-refractivity contribution in [2.75, 3.05) is 5.75 Å². The van der Waals surface area contributed by atoms with Crippen LogP contribution in [0.25, 0.3) is 0 Å². The van der Waals surface area contributed by atoms with Gasteiger partial charge >= 0.3 is 0 Å². The Balaban J connectivity index is 2.61. The van der Waals surface area contributed by atoms with Crippen LogP contribution < -0.4 is 0 Å². The van der Waals surface area contributed by atoms with Crippen molar-refractivity contribution in [2.45, 2.75) is 11.8 Å². The lowest BCUT2D eigenvalue weighted by Crippen LogP contribution is -1.80. The summed E-state index contributed by atoms with van der Waals surface area (Å²) >= 11 is 1.73. The minimum atomic E-state index is 0.741. The van der Waals surface area contributed by atoms with Crippen LogP contribution in [0.1, 0.15) is 17.3 Å². The summed E-state index contributed by atoms with van der Waals surface area (Å²) in [6.45, 7) is 2.00. The number of allylic oxidation sites excluding steroid dienone is 1. The molecule has 0 unspecified atom stereocenters. The molecule has 1 rings (SSSR count). The lowest BCUT2D eigenvalue weighted by molar-refractivity contribution is 0.112. The molecule has 0 atom stereocenters. The van der Waals surface area contributed by atoms with Crippen molar-refractivity contribution < 1.29 is 4.79 Å². The van der Waals surface area contributed by atoms with Gasteiger partial charge in [0.1, 0.15) is 6.29 Å². The molecule has 0 saturated carbocycles. The number of aldehydes is 1. The highest BCUT2D eigenvalue weighted by Gasteiger charge is 1.93. The Kier molecular flexibility index (Phi) is 4.33. The lowest BCUT2D eigenvalue weighted by atomic mass is 10.2. The molecule has 0 aliphatic heterocycles. The van der Waals surface area contributed by atoms with E-state index in [4.69, 9.17) is 0 Å². The first-order valence-corrected chi connectivity index (χ1v) is 5.14. The zero-order valence-electron chi connectivity index (χ0n) is 7.57. The first-order valence-electron chi connectivity index (χ1n) is 4.16. The van der Waals surface area contributed by atoms with Crippen LogP contribution in [0, 0.1) is 0 Å². The molecule has 2 heteroatoms. The fourth-order valence-corrected chi connectivity index (χ4v) is 1.79. The second kappa shape index (κ2) is 5.60. The molecule has 0 saturated heterocycles. The number of carbonyl (C=O) groups excluding carboxylic acids is 1. The molecular formula is C11H12OS. The number of hydrogen-bond acceptors (Lipinski definition) is 2. The minimum Gasteiger partial charge on any atom is -0.298 e. The Hall–Kier alpha value is -1.02. The maximum Gasteiger partial charge on any atom is 0.150 e. The smallest absolute Gasteiger partial charge is 0.150 e. The predicted octanol–water partition coefficient (Wildman–Crippen LogP) is 3.17. The molecular weight excluding hydrogens is 180 g/mol. The van der Waals surface area contributed by atoms with E-state index in [2.05, 4.69) is 6.08 Å². The molecule has 0 bridgehead atoms. The predicted molar refractivity (Wildman–Crippen MR) is 57.4 cm³/mol. The molecule has 0 N–H and O–H groups in total. The van der Waals surface area contributed by atoms with Gasteiger partial charge in [-0.15, -0.1) is 11.8 Å². The third kappa shape index (κ3) is 3.47. The van der Waals surface area contributed by atoms with E-state index < -0.39 is 0 Å². The zero-order valence-corrected chi connectivity index (χ0v) is 8.38. The number of hydrogen-bond donors (Lipinski definition) is 0. The van der Waals surface area contributed by atoms with Crippen LogP contribution in [-0.4, -0.2) is 12.0 Å². The summed E-state index contributed by atoms with van der Waals surface area (Å²) in [5.74, 6) is 0.957. The van der Waals surface area contributed by atoms with E-state index in [-0.39, 0.29) is 0 Å². The monoisotopic (exact) mass is 192 g/mol. The quantitative estimate of drug-likeness (QED) is 0.414. The summed E-state index contributed by atoms with van der Waals surface area (Å²) < 4.78 is 0. The molecule has 0 spiro atoms. The van der Waals surface area contributed by atoms with Gasteiger partial charge in [-0.1, -0.05) is 24.3 Å². The van der Waals surface area contributed by atoms with E-state index in [1.807, 2.05) is 37.3 Å². The summed E-state index contributed by atoms with van der Waals surface area (Å²) in [5, 5.41) is 0. The van der Waals surface area contributed by atoms with Gasteiger partial charge in [-0.25, -0.2) is 0 Å². The Morgan fingerprint density at radius 2 is 2.31 bits per heavy atom. The van der Waals surface area contributed by atoms with Gasteiger partial charge in [0.2, 0.25) is 0 Å². The van der Waals surface area contributed by atoms with Gasteiger partial charge < -0.3 is 0 Å². The Bertz CT molecular complexity index is 305. The van der Waals surface area contributed by atoms with E-state index in [1.165, 1.54) is 0 Å². The number of thioether (sulfide) groups is 1. The molecule has 1 aromatic rings. The summed E-state index contributed by atoms with van der Waals surface area (Å²) in [6, 6.07) is 7.64. The van der Waals surface area contributed by atoms with Gasteiger partial charge in [0.05, 0.1) is 0 Å². The van der Waals surface area contributed by atoms with Crippen LogP contribution in [0.2, 0.25) is 0 Å². The van der Waals surface area contributed by atoms with E-state index >= 15 is 0 Å². The van der Waals surface area contributed by atoms with Crippen LogP contribution in [0.5, 0.6) is 0 Å². The fraction of sp³-hybridized carbons (Fsp3) is 0.182. The molecule has 1 aromatic carbocycles. The van der Waals surface area contributed by atoms with Gasteiger partial charge in [-0.3, -0.25) is 4.79 Å². The molecule has 0 amide bonds. The summed E-state index contributed by atoms with van der Waals surface area (Å²) in [4.78, 5) is 11.6. The van der Waals surface area contributed by atoms with Crippen molar-refractivity contribution in [3.05, 3.63) is 42.0 Å². The second-order valence-electron chi connectivity index (χ2n) is 2.57. The molecule has 0 aromatic heterocycles. The largest absolute Gasteiger partial charge is 0.298 e. The maximum absolute atomic E-state index is 10.5. The Labute approximate surface area is 82.9 Å². The first kappa shape index (κ1) is 10.1. The third-order valence-corrected chi connectivity index (χ3v) is 2.52. The van der Waals surface area contributed by atoms with Crippen LogP contribution >= 0.6 is 11.8 Å². The molecule has 0 aliphatic rings. The van der Waals surface area contributed by atoms with Crippen molar-refractivity contribution in [1.29, 1.82) is 0 Å². The molecule has 0 radical (unpaired) electrons. The minimum absolute atomic E-state index is 0.741. The number of rotatable bonds is 4. The van der Waals surface area contributed by atoms with Crippen LogP contribution in [0.3, 0.4) is 0 Å². The molecule has 0 aliphatic carbocycles. The Morgan fingerprint density at radius 1 is 1.46 bits per heavy atom. The van der Waals surface area contributed by atoms with E-state index in [0.29, 0.717) is 0 Å². The fourth-order valence-electron chi connectivity index (χ4n) is 0.918. The van der Waals surface area contributed by atoms with Gasteiger partial charge in [-0.05, 0) is 19.1 Å². The molecule has 1 nitrogen and oxygen atoms in total. The standard InChI is InChI=1S/C11H12OS/c1-2-3-7-13-11-6-4-5-10(8-11)9-12/h2-6,8-9H,7H2,1H3. The normalized spacial score (nSPS) is 10.5. The summed E-state index contributed by atoms with van der Waals surface area (Å²) in [5.41, 5.74) is 0.741. The number of benzene rings is 1. The lowest BCUT2D eigenvalue weighted by Gasteiger charge is -1.98. The molecule has 0 heterocycles. The zero-order chi connectivity index (χ0) is 9.52. The first-order chi connectivity index (χ1) is 6.36. The summed E-state index contributed by atoms with van der Waals surface area (Å²) in [6.07, 6.45) is 4.99. The van der Waals surface area contributed by atoms with Gasteiger partial charge in [0.25, 0.3) is 0 Å². The summed E-state index contributed by atoms with van der Waals surface area (Å²) in [7, 11) is 0. The third-order valence-electron chi connectivity index (χ3n) is 1.58. The van der Waals surface area contributed by atoms with Crippen molar-refractivity contribution >= 4 is 18.0 Å². The van der Waals surface area contributed by atoms with E-state index in [1.54, 1.807) is 11.8 Å².